The van der Waals surface area contributed by atoms with Crippen molar-refractivity contribution < 1.29 is 4.79 Å². The van der Waals surface area contributed by atoms with Gasteiger partial charge >= 0.3 is 0 Å². The summed E-state index contributed by atoms with van der Waals surface area (Å²) in [5.41, 5.74) is 0.393. The highest BCUT2D eigenvalue weighted by molar-refractivity contribution is 6.30. The highest BCUT2D eigenvalue weighted by atomic mass is 35.5. The number of nitriles is 1. The topological polar surface area (TPSA) is 47.3 Å². The molecule has 104 valence electrons. The van der Waals surface area contributed by atoms with Gasteiger partial charge in [-0.3, -0.25) is 4.79 Å². The van der Waals surface area contributed by atoms with Crippen LogP contribution in [0.25, 0.3) is 0 Å². The predicted molar refractivity (Wildman–Crippen MR) is 77.5 cm³/mol. The molecule has 1 aliphatic heterocycles. The van der Waals surface area contributed by atoms with Gasteiger partial charge in [-0.1, -0.05) is 17.7 Å². The van der Waals surface area contributed by atoms with Gasteiger partial charge in [0.1, 0.15) is 5.41 Å². The van der Waals surface area contributed by atoms with Gasteiger partial charge in [0, 0.05) is 36.9 Å². The van der Waals surface area contributed by atoms with Crippen molar-refractivity contribution in [2.75, 3.05) is 31.1 Å². The Labute approximate surface area is 123 Å². The molecule has 3 rings (SSSR count). The van der Waals surface area contributed by atoms with E-state index in [1.54, 1.807) is 0 Å². The summed E-state index contributed by atoms with van der Waals surface area (Å²) < 4.78 is 0. The zero-order valence-corrected chi connectivity index (χ0v) is 11.9. The smallest absolute Gasteiger partial charge is 0.243 e. The first-order valence-electron chi connectivity index (χ1n) is 6.86. The van der Waals surface area contributed by atoms with E-state index in [0.717, 1.165) is 36.6 Å². The predicted octanol–water partition coefficient (Wildman–Crippen LogP) is 2.29. The van der Waals surface area contributed by atoms with E-state index in [2.05, 4.69) is 11.0 Å². The minimum atomic E-state index is -0.696. The molecule has 1 aromatic rings. The Hall–Kier alpha value is -1.73. The second-order valence-electron chi connectivity index (χ2n) is 5.45. The van der Waals surface area contributed by atoms with Gasteiger partial charge in [0.25, 0.3) is 0 Å². The number of anilines is 1. The molecule has 0 spiro atoms. The van der Waals surface area contributed by atoms with Crippen molar-refractivity contribution in [2.45, 2.75) is 12.8 Å². The van der Waals surface area contributed by atoms with Crippen LogP contribution >= 0.6 is 11.6 Å². The lowest BCUT2D eigenvalue weighted by Crippen LogP contribution is -2.50. The lowest BCUT2D eigenvalue weighted by molar-refractivity contribution is -0.135. The van der Waals surface area contributed by atoms with E-state index < -0.39 is 5.41 Å². The molecule has 1 aromatic carbocycles. The zero-order valence-electron chi connectivity index (χ0n) is 11.2. The van der Waals surface area contributed by atoms with E-state index in [4.69, 9.17) is 16.9 Å². The molecular weight excluding hydrogens is 274 g/mol. The maximum absolute atomic E-state index is 12.3. The van der Waals surface area contributed by atoms with Gasteiger partial charge in [-0.15, -0.1) is 0 Å². The lowest BCUT2D eigenvalue weighted by atomic mass is 10.1. The third-order valence-electron chi connectivity index (χ3n) is 4.11. The molecule has 20 heavy (non-hydrogen) atoms. The fourth-order valence-corrected chi connectivity index (χ4v) is 2.83. The van der Waals surface area contributed by atoms with Gasteiger partial charge in [0.15, 0.2) is 0 Å². The summed E-state index contributed by atoms with van der Waals surface area (Å²) in [7, 11) is 0. The molecule has 0 aromatic heterocycles. The van der Waals surface area contributed by atoms with Crippen molar-refractivity contribution in [2.24, 2.45) is 5.41 Å². The summed E-state index contributed by atoms with van der Waals surface area (Å²) in [6.07, 6.45) is 1.44. The summed E-state index contributed by atoms with van der Waals surface area (Å²) in [4.78, 5) is 16.3. The summed E-state index contributed by atoms with van der Waals surface area (Å²) >= 11 is 6.00. The molecule has 1 saturated heterocycles. The van der Waals surface area contributed by atoms with Crippen LogP contribution in [-0.4, -0.2) is 37.0 Å². The first-order chi connectivity index (χ1) is 9.64. The van der Waals surface area contributed by atoms with Crippen molar-refractivity contribution in [3.63, 3.8) is 0 Å². The number of piperazine rings is 1. The molecule has 1 aliphatic carbocycles. The first kappa shape index (κ1) is 13.3. The van der Waals surface area contributed by atoms with E-state index in [-0.39, 0.29) is 5.91 Å². The number of rotatable bonds is 2. The largest absolute Gasteiger partial charge is 0.368 e. The molecule has 2 aliphatic rings. The summed E-state index contributed by atoms with van der Waals surface area (Å²) in [6, 6.07) is 9.94. The molecular formula is C15H16ClN3O. The summed E-state index contributed by atoms with van der Waals surface area (Å²) in [6.45, 7) is 2.92. The molecule has 0 atom stereocenters. The molecule has 0 unspecified atom stereocenters. The minimum absolute atomic E-state index is 0.0192. The van der Waals surface area contributed by atoms with E-state index in [1.165, 1.54) is 0 Å². The van der Waals surface area contributed by atoms with Gasteiger partial charge < -0.3 is 9.80 Å². The normalized spacial score (nSPS) is 20.4. The van der Waals surface area contributed by atoms with Crippen molar-refractivity contribution in [3.05, 3.63) is 29.3 Å². The van der Waals surface area contributed by atoms with Crippen LogP contribution in [0.3, 0.4) is 0 Å². The van der Waals surface area contributed by atoms with Crippen LogP contribution in [-0.2, 0) is 4.79 Å². The van der Waals surface area contributed by atoms with Crippen molar-refractivity contribution >= 4 is 23.2 Å². The van der Waals surface area contributed by atoms with Gasteiger partial charge in [0.2, 0.25) is 5.91 Å². The average molecular weight is 290 g/mol. The Morgan fingerprint density at radius 2 is 1.95 bits per heavy atom. The Morgan fingerprint density at radius 3 is 2.50 bits per heavy atom. The molecule has 1 heterocycles. The zero-order chi connectivity index (χ0) is 14.2. The number of benzene rings is 1. The van der Waals surface area contributed by atoms with Crippen LogP contribution in [0.1, 0.15) is 12.8 Å². The van der Waals surface area contributed by atoms with E-state index >= 15 is 0 Å². The summed E-state index contributed by atoms with van der Waals surface area (Å²) in [5.74, 6) is 0.0192. The Morgan fingerprint density at radius 1 is 1.25 bits per heavy atom. The first-order valence-corrected chi connectivity index (χ1v) is 7.24. The lowest BCUT2D eigenvalue weighted by Gasteiger charge is -2.37. The molecule has 1 amide bonds. The monoisotopic (exact) mass is 289 g/mol. The van der Waals surface area contributed by atoms with E-state index in [0.29, 0.717) is 13.1 Å². The Kier molecular flexibility index (Phi) is 3.31. The fraction of sp³-hybridized carbons (Fsp3) is 0.467. The van der Waals surface area contributed by atoms with Crippen molar-refractivity contribution in [1.82, 2.24) is 4.90 Å². The third-order valence-corrected chi connectivity index (χ3v) is 4.35. The highest BCUT2D eigenvalue weighted by Gasteiger charge is 2.52. The van der Waals surface area contributed by atoms with Crippen LogP contribution in [0.5, 0.6) is 0 Å². The van der Waals surface area contributed by atoms with E-state index in [9.17, 15) is 4.79 Å². The average Bonchev–Trinajstić information content (AvgIpc) is 3.28. The minimum Gasteiger partial charge on any atom is -0.368 e. The SMILES string of the molecule is N#CC1(C(=O)N2CCN(c3cccc(Cl)c3)CC2)CC1. The quantitative estimate of drug-likeness (QED) is 0.839. The molecule has 2 fully saturated rings. The van der Waals surface area contributed by atoms with Gasteiger partial charge in [-0.05, 0) is 31.0 Å². The van der Waals surface area contributed by atoms with Crippen LogP contribution < -0.4 is 4.90 Å². The molecule has 5 heteroatoms. The Balaban J connectivity index is 1.63. The second-order valence-corrected chi connectivity index (χ2v) is 5.89. The molecule has 1 saturated carbocycles. The van der Waals surface area contributed by atoms with Gasteiger partial charge in [-0.2, -0.15) is 5.26 Å². The van der Waals surface area contributed by atoms with Crippen molar-refractivity contribution in [3.8, 4) is 6.07 Å². The van der Waals surface area contributed by atoms with E-state index in [1.807, 2.05) is 29.2 Å². The fourth-order valence-electron chi connectivity index (χ4n) is 2.64. The number of hydrogen-bond acceptors (Lipinski definition) is 3. The molecule has 0 radical (unpaired) electrons. The van der Waals surface area contributed by atoms with Crippen LogP contribution in [0.2, 0.25) is 5.02 Å². The van der Waals surface area contributed by atoms with Crippen LogP contribution in [0, 0.1) is 16.7 Å². The molecule has 0 bridgehead atoms. The van der Waals surface area contributed by atoms with Gasteiger partial charge in [-0.25, -0.2) is 0 Å². The van der Waals surface area contributed by atoms with Crippen LogP contribution in [0.15, 0.2) is 24.3 Å². The van der Waals surface area contributed by atoms with Crippen molar-refractivity contribution in [1.29, 1.82) is 5.26 Å². The maximum Gasteiger partial charge on any atom is 0.243 e. The summed E-state index contributed by atoms with van der Waals surface area (Å²) in [5, 5.41) is 9.82. The molecule has 4 nitrogen and oxygen atoms in total. The van der Waals surface area contributed by atoms with Gasteiger partial charge in [0.05, 0.1) is 6.07 Å². The van der Waals surface area contributed by atoms with Crippen LogP contribution in [0.4, 0.5) is 5.69 Å². The number of carbonyl (C=O) groups excluding carboxylic acids is 1. The third kappa shape index (κ3) is 2.34. The second kappa shape index (κ2) is 4.99. The highest BCUT2D eigenvalue weighted by Crippen LogP contribution is 2.46. The standard InChI is InChI=1S/C15H16ClN3O/c16-12-2-1-3-13(10-12)18-6-8-19(9-7-18)14(20)15(11-17)4-5-15/h1-3,10H,4-9H2. The number of amides is 1. The number of halogens is 1. The number of carbonyl (C=O) groups is 1. The number of nitrogens with zero attached hydrogens (tertiary/aromatic N) is 3. The molecule has 0 N–H and O–H groups in total. The number of hydrogen-bond donors (Lipinski definition) is 0. The Bertz CT molecular complexity index is 569. The maximum atomic E-state index is 12.3.